The second-order valence-electron chi connectivity index (χ2n) is 7.47. The molecule has 0 bridgehead atoms. The first-order chi connectivity index (χ1) is 11.7. The Morgan fingerprint density at radius 2 is 2.16 bits per heavy atom. The average Bonchev–Trinajstić information content (AvgIpc) is 2.87. The third-order valence-corrected chi connectivity index (χ3v) is 4.21. The Morgan fingerprint density at radius 3 is 2.80 bits per heavy atom. The highest BCUT2D eigenvalue weighted by Gasteiger charge is 2.35. The molecule has 1 unspecified atom stereocenters. The third kappa shape index (κ3) is 3.37. The summed E-state index contributed by atoms with van der Waals surface area (Å²) in [5.74, 6) is -1.39. The molecule has 0 saturated carbocycles. The largest absolute Gasteiger partial charge is 0.396 e. The molecule has 1 aromatic heterocycles. The third-order valence-electron chi connectivity index (χ3n) is 4.21. The van der Waals surface area contributed by atoms with Gasteiger partial charge in [-0.2, -0.15) is 0 Å². The van der Waals surface area contributed by atoms with Crippen LogP contribution in [0.5, 0.6) is 0 Å². The number of aromatic nitrogens is 1. The number of aliphatic hydroxyl groups is 1. The molecular weight excluding hydrogens is 325 g/mol. The number of aliphatic hydroxyl groups excluding tert-OH is 1. The van der Waals surface area contributed by atoms with E-state index in [0.717, 1.165) is 0 Å². The minimum absolute atomic E-state index is 0.103. The van der Waals surface area contributed by atoms with Crippen LogP contribution in [0.2, 0.25) is 0 Å². The zero-order valence-electron chi connectivity index (χ0n) is 14.5. The number of rotatable bonds is 3. The summed E-state index contributed by atoms with van der Waals surface area (Å²) in [7, 11) is 0. The van der Waals surface area contributed by atoms with E-state index in [-0.39, 0.29) is 37.4 Å². The molecule has 1 aliphatic heterocycles. The molecule has 3 N–H and O–H groups in total. The second kappa shape index (κ2) is 6.15. The van der Waals surface area contributed by atoms with Gasteiger partial charge in [0.2, 0.25) is 5.91 Å². The smallest absolute Gasteiger partial charge is 0.256 e. The van der Waals surface area contributed by atoms with Gasteiger partial charge in [0.15, 0.2) is 0 Å². The highest BCUT2D eigenvalue weighted by molar-refractivity contribution is 6.10. The van der Waals surface area contributed by atoms with Crippen LogP contribution in [0.1, 0.15) is 42.7 Å². The van der Waals surface area contributed by atoms with Crippen molar-refractivity contribution in [1.82, 2.24) is 15.2 Å². The molecule has 3 rings (SSSR count). The maximum Gasteiger partial charge on any atom is 0.256 e. The quantitative estimate of drug-likeness (QED) is 0.791. The molecule has 0 spiro atoms. The molecule has 1 aliphatic rings. The molecule has 2 aromatic rings. The first-order valence-corrected chi connectivity index (χ1v) is 8.22. The standard InChI is InChI=1S/C18H22FN3O3/c1-18(2,3)21-14(24)8-22-7-10(9-23)16-15(17(22)25)12-6-11(19)4-5-13(12)20-16/h4-6,10,20,23H,7-9H2,1-3H3,(H,21,24). The van der Waals surface area contributed by atoms with E-state index < -0.39 is 11.4 Å². The molecule has 7 heteroatoms. The number of carbonyl (C=O) groups excluding carboxylic acids is 2. The van der Waals surface area contributed by atoms with E-state index in [1.807, 2.05) is 20.8 Å². The molecule has 134 valence electrons. The van der Waals surface area contributed by atoms with Crippen LogP contribution in [-0.4, -0.2) is 52.0 Å². The highest BCUT2D eigenvalue weighted by atomic mass is 19.1. The van der Waals surface area contributed by atoms with Crippen LogP contribution < -0.4 is 5.32 Å². The lowest BCUT2D eigenvalue weighted by molar-refractivity contribution is -0.123. The van der Waals surface area contributed by atoms with E-state index in [4.69, 9.17) is 0 Å². The Bertz CT molecular complexity index is 838. The van der Waals surface area contributed by atoms with E-state index in [2.05, 4.69) is 10.3 Å². The lowest BCUT2D eigenvalue weighted by Crippen LogP contribution is -2.49. The molecule has 0 saturated heterocycles. The van der Waals surface area contributed by atoms with Gasteiger partial charge in [-0.15, -0.1) is 0 Å². The van der Waals surface area contributed by atoms with Crippen LogP contribution in [-0.2, 0) is 4.79 Å². The van der Waals surface area contributed by atoms with Gasteiger partial charge in [0, 0.05) is 34.6 Å². The summed E-state index contributed by atoms with van der Waals surface area (Å²) in [5.41, 5.74) is 1.17. The number of hydrogen-bond donors (Lipinski definition) is 3. The first-order valence-electron chi connectivity index (χ1n) is 8.22. The van der Waals surface area contributed by atoms with Crippen molar-refractivity contribution in [2.24, 2.45) is 0 Å². The number of halogens is 1. The van der Waals surface area contributed by atoms with Crippen molar-refractivity contribution in [3.05, 3.63) is 35.3 Å². The van der Waals surface area contributed by atoms with E-state index in [0.29, 0.717) is 22.2 Å². The fourth-order valence-corrected chi connectivity index (χ4v) is 3.24. The number of aromatic amines is 1. The van der Waals surface area contributed by atoms with Crippen molar-refractivity contribution in [3.63, 3.8) is 0 Å². The predicted octanol–water partition coefficient (Wildman–Crippen LogP) is 1.75. The summed E-state index contributed by atoms with van der Waals surface area (Å²) in [6, 6.07) is 4.19. The van der Waals surface area contributed by atoms with Crippen LogP contribution in [0.3, 0.4) is 0 Å². The molecule has 0 radical (unpaired) electrons. The second-order valence-corrected chi connectivity index (χ2v) is 7.47. The molecule has 1 atom stereocenters. The van der Waals surface area contributed by atoms with Crippen LogP contribution in [0.4, 0.5) is 4.39 Å². The number of carbonyl (C=O) groups is 2. The van der Waals surface area contributed by atoms with Gasteiger partial charge in [0.25, 0.3) is 5.91 Å². The normalized spacial score (nSPS) is 17.7. The Hall–Kier alpha value is -2.41. The Labute approximate surface area is 145 Å². The summed E-state index contributed by atoms with van der Waals surface area (Å²) in [6.07, 6.45) is 0. The van der Waals surface area contributed by atoms with Gasteiger partial charge in [-0.1, -0.05) is 0 Å². The van der Waals surface area contributed by atoms with Gasteiger partial charge < -0.3 is 20.3 Å². The zero-order chi connectivity index (χ0) is 18.4. The van der Waals surface area contributed by atoms with Gasteiger partial charge in [-0.25, -0.2) is 4.39 Å². The lowest BCUT2D eigenvalue weighted by atomic mass is 9.94. The number of hydrogen-bond acceptors (Lipinski definition) is 3. The number of nitrogens with zero attached hydrogens (tertiary/aromatic N) is 1. The fraction of sp³-hybridized carbons (Fsp3) is 0.444. The molecule has 1 aromatic carbocycles. The maximum atomic E-state index is 13.6. The lowest BCUT2D eigenvalue weighted by Gasteiger charge is -2.32. The number of nitrogens with one attached hydrogen (secondary N) is 2. The molecule has 6 nitrogen and oxygen atoms in total. The fourth-order valence-electron chi connectivity index (χ4n) is 3.24. The number of benzene rings is 1. The van der Waals surface area contributed by atoms with Crippen molar-refractivity contribution in [3.8, 4) is 0 Å². The van der Waals surface area contributed by atoms with Crippen LogP contribution in [0.15, 0.2) is 18.2 Å². The van der Waals surface area contributed by atoms with E-state index >= 15 is 0 Å². The first kappa shape index (κ1) is 17.4. The van der Waals surface area contributed by atoms with E-state index in [1.54, 1.807) is 6.07 Å². The topological polar surface area (TPSA) is 85.4 Å². The monoisotopic (exact) mass is 347 g/mol. The summed E-state index contributed by atoms with van der Waals surface area (Å²) in [5, 5.41) is 13.0. The van der Waals surface area contributed by atoms with Crippen LogP contribution >= 0.6 is 0 Å². The zero-order valence-corrected chi connectivity index (χ0v) is 14.5. The van der Waals surface area contributed by atoms with Crippen molar-refractivity contribution >= 4 is 22.7 Å². The van der Waals surface area contributed by atoms with E-state index in [1.165, 1.54) is 17.0 Å². The Morgan fingerprint density at radius 1 is 1.44 bits per heavy atom. The van der Waals surface area contributed by atoms with Gasteiger partial charge >= 0.3 is 0 Å². The maximum absolute atomic E-state index is 13.6. The van der Waals surface area contributed by atoms with Crippen molar-refractivity contribution in [1.29, 1.82) is 0 Å². The minimum atomic E-state index is -0.440. The number of amides is 2. The SMILES string of the molecule is CC(C)(C)NC(=O)CN1CC(CO)c2[nH]c3ccc(F)cc3c2C1=O. The number of fused-ring (bicyclic) bond motifs is 3. The summed E-state index contributed by atoms with van der Waals surface area (Å²) < 4.78 is 13.6. The summed E-state index contributed by atoms with van der Waals surface area (Å²) in [6.45, 7) is 5.54. The molecular formula is C18H22FN3O3. The Kier molecular flexibility index (Phi) is 4.28. The van der Waals surface area contributed by atoms with Gasteiger partial charge in [-0.05, 0) is 39.0 Å². The van der Waals surface area contributed by atoms with Crippen LogP contribution in [0, 0.1) is 5.82 Å². The summed E-state index contributed by atoms with van der Waals surface area (Å²) in [4.78, 5) is 29.6. The van der Waals surface area contributed by atoms with Gasteiger partial charge in [0.1, 0.15) is 5.82 Å². The molecule has 2 heterocycles. The highest BCUT2D eigenvalue weighted by Crippen LogP contribution is 2.33. The molecule has 0 aliphatic carbocycles. The van der Waals surface area contributed by atoms with Crippen molar-refractivity contribution in [2.45, 2.75) is 32.2 Å². The molecule has 25 heavy (non-hydrogen) atoms. The molecule has 0 fully saturated rings. The average molecular weight is 347 g/mol. The van der Waals surface area contributed by atoms with Crippen molar-refractivity contribution < 1.29 is 19.1 Å². The Balaban J connectivity index is 1.96. The van der Waals surface area contributed by atoms with Crippen LogP contribution in [0.25, 0.3) is 10.9 Å². The minimum Gasteiger partial charge on any atom is -0.396 e. The molecule has 2 amide bonds. The van der Waals surface area contributed by atoms with E-state index in [9.17, 15) is 19.1 Å². The van der Waals surface area contributed by atoms with Gasteiger partial charge in [-0.3, -0.25) is 9.59 Å². The van der Waals surface area contributed by atoms with Crippen molar-refractivity contribution in [2.75, 3.05) is 19.7 Å². The summed E-state index contributed by atoms with van der Waals surface area (Å²) >= 11 is 0. The predicted molar refractivity (Wildman–Crippen MR) is 91.9 cm³/mol. The number of H-pyrrole nitrogens is 1. The van der Waals surface area contributed by atoms with Gasteiger partial charge in [0.05, 0.1) is 18.7 Å².